The minimum atomic E-state index is -0.0543. The zero-order valence-corrected chi connectivity index (χ0v) is 11.6. The van der Waals surface area contributed by atoms with Crippen LogP contribution in [0.1, 0.15) is 53.4 Å². The van der Waals surface area contributed by atoms with Gasteiger partial charge < -0.3 is 10.6 Å². The van der Waals surface area contributed by atoms with Gasteiger partial charge in [0, 0.05) is 12.1 Å². The summed E-state index contributed by atoms with van der Waals surface area (Å²) in [7, 11) is 4.22. The lowest BCUT2D eigenvalue weighted by molar-refractivity contribution is 0.103. The lowest BCUT2D eigenvalue weighted by Crippen LogP contribution is -2.58. The van der Waals surface area contributed by atoms with Gasteiger partial charge in [-0.25, -0.2) is 0 Å². The minimum absolute atomic E-state index is 0.0543. The number of rotatable bonds is 7. The summed E-state index contributed by atoms with van der Waals surface area (Å²) in [4.78, 5) is 2.22. The second kappa shape index (κ2) is 5.86. The minimum Gasteiger partial charge on any atom is -0.324 e. The van der Waals surface area contributed by atoms with Crippen molar-refractivity contribution in [1.82, 2.24) is 4.90 Å². The SMILES string of the molecule is CCCC(C)(C)C(N)(CCC)CN(C)C. The Balaban J connectivity index is 4.74. The second-order valence-corrected chi connectivity index (χ2v) is 5.78. The molecule has 0 saturated carbocycles. The highest BCUT2D eigenvalue weighted by Crippen LogP contribution is 2.37. The molecule has 0 amide bonds. The number of nitrogens with two attached hydrogens (primary N) is 1. The second-order valence-electron chi connectivity index (χ2n) is 5.78. The molecule has 0 aromatic heterocycles. The van der Waals surface area contributed by atoms with Crippen molar-refractivity contribution in [2.24, 2.45) is 11.1 Å². The molecule has 15 heavy (non-hydrogen) atoms. The molecule has 2 heteroatoms. The molecular formula is C13H30N2. The molecule has 0 spiro atoms. The molecule has 0 rings (SSSR count). The van der Waals surface area contributed by atoms with E-state index >= 15 is 0 Å². The maximum Gasteiger partial charge on any atom is 0.0334 e. The van der Waals surface area contributed by atoms with Crippen LogP contribution in [-0.4, -0.2) is 31.1 Å². The summed E-state index contributed by atoms with van der Waals surface area (Å²) in [6.07, 6.45) is 4.69. The largest absolute Gasteiger partial charge is 0.324 e. The molecule has 0 bridgehead atoms. The zero-order valence-electron chi connectivity index (χ0n) is 11.6. The monoisotopic (exact) mass is 214 g/mol. The van der Waals surface area contributed by atoms with Crippen molar-refractivity contribution in [1.29, 1.82) is 0 Å². The van der Waals surface area contributed by atoms with Crippen LogP contribution >= 0.6 is 0 Å². The van der Waals surface area contributed by atoms with Crippen LogP contribution in [-0.2, 0) is 0 Å². The van der Waals surface area contributed by atoms with Crippen molar-refractivity contribution in [3.05, 3.63) is 0 Å². The Labute approximate surface area is 96.2 Å². The van der Waals surface area contributed by atoms with E-state index in [1.165, 1.54) is 12.8 Å². The summed E-state index contributed by atoms with van der Waals surface area (Å²) in [6, 6.07) is 0. The number of nitrogens with zero attached hydrogens (tertiary/aromatic N) is 1. The third kappa shape index (κ3) is 4.12. The Hall–Kier alpha value is -0.0800. The van der Waals surface area contributed by atoms with E-state index in [4.69, 9.17) is 5.73 Å². The van der Waals surface area contributed by atoms with Crippen molar-refractivity contribution in [2.45, 2.75) is 58.9 Å². The Morgan fingerprint density at radius 1 is 1.00 bits per heavy atom. The Bertz CT molecular complexity index is 175. The fraction of sp³-hybridized carbons (Fsp3) is 1.00. The lowest BCUT2D eigenvalue weighted by Gasteiger charge is -2.46. The number of hydrogen-bond acceptors (Lipinski definition) is 2. The quantitative estimate of drug-likeness (QED) is 0.706. The van der Waals surface area contributed by atoms with E-state index in [9.17, 15) is 0 Å². The third-order valence-electron chi connectivity index (χ3n) is 3.52. The first-order valence-electron chi connectivity index (χ1n) is 6.22. The highest BCUT2D eigenvalue weighted by atomic mass is 15.1. The summed E-state index contributed by atoms with van der Waals surface area (Å²) in [5, 5.41) is 0. The molecule has 2 nitrogen and oxygen atoms in total. The molecule has 0 radical (unpaired) electrons. The van der Waals surface area contributed by atoms with E-state index in [0.717, 1.165) is 19.4 Å². The Morgan fingerprint density at radius 2 is 1.47 bits per heavy atom. The van der Waals surface area contributed by atoms with E-state index < -0.39 is 0 Å². The molecule has 0 aromatic carbocycles. The van der Waals surface area contributed by atoms with Gasteiger partial charge in [0.25, 0.3) is 0 Å². The molecule has 0 aliphatic carbocycles. The van der Waals surface area contributed by atoms with E-state index in [1.54, 1.807) is 0 Å². The lowest BCUT2D eigenvalue weighted by atomic mass is 9.67. The zero-order chi connectivity index (χ0) is 12.1. The molecule has 1 atom stereocenters. The van der Waals surface area contributed by atoms with Crippen LogP contribution in [0.4, 0.5) is 0 Å². The molecule has 0 aromatic rings. The van der Waals surface area contributed by atoms with E-state index in [-0.39, 0.29) is 11.0 Å². The van der Waals surface area contributed by atoms with Crippen LogP contribution in [0.2, 0.25) is 0 Å². The fourth-order valence-electron chi connectivity index (χ4n) is 2.52. The van der Waals surface area contributed by atoms with E-state index in [2.05, 4.69) is 46.7 Å². The van der Waals surface area contributed by atoms with Crippen LogP contribution in [0, 0.1) is 5.41 Å². The molecule has 0 saturated heterocycles. The maximum absolute atomic E-state index is 6.63. The molecular weight excluding hydrogens is 184 g/mol. The van der Waals surface area contributed by atoms with Gasteiger partial charge in [-0.05, 0) is 32.4 Å². The molecule has 0 aliphatic rings. The summed E-state index contributed by atoms with van der Waals surface area (Å²) in [6.45, 7) is 10.1. The van der Waals surface area contributed by atoms with Gasteiger partial charge in [0.2, 0.25) is 0 Å². The van der Waals surface area contributed by atoms with Gasteiger partial charge in [0.05, 0.1) is 0 Å². The van der Waals surface area contributed by atoms with E-state index in [1.807, 2.05) is 0 Å². The summed E-state index contributed by atoms with van der Waals surface area (Å²) in [5.41, 5.74) is 6.80. The van der Waals surface area contributed by atoms with Crippen molar-refractivity contribution in [3.63, 3.8) is 0 Å². The molecule has 1 unspecified atom stereocenters. The first kappa shape index (κ1) is 14.9. The average molecular weight is 214 g/mol. The molecule has 92 valence electrons. The topological polar surface area (TPSA) is 29.3 Å². The third-order valence-corrected chi connectivity index (χ3v) is 3.52. The first-order chi connectivity index (χ1) is 6.79. The smallest absolute Gasteiger partial charge is 0.0334 e. The Kier molecular flexibility index (Phi) is 5.82. The van der Waals surface area contributed by atoms with Crippen molar-refractivity contribution in [3.8, 4) is 0 Å². The average Bonchev–Trinajstić information content (AvgIpc) is 2.02. The van der Waals surface area contributed by atoms with Gasteiger partial charge >= 0.3 is 0 Å². The Morgan fingerprint density at radius 3 is 1.80 bits per heavy atom. The molecule has 0 fully saturated rings. The maximum atomic E-state index is 6.63. The first-order valence-corrected chi connectivity index (χ1v) is 6.22. The van der Waals surface area contributed by atoms with Crippen molar-refractivity contribution < 1.29 is 0 Å². The van der Waals surface area contributed by atoms with Gasteiger partial charge in [0.1, 0.15) is 0 Å². The van der Waals surface area contributed by atoms with Crippen LogP contribution < -0.4 is 5.73 Å². The standard InChI is InChI=1S/C13H30N2/c1-7-9-12(3,4)13(14,10-8-2)11-15(5)6/h7-11,14H2,1-6H3. The van der Waals surface area contributed by atoms with Crippen LogP contribution in [0.3, 0.4) is 0 Å². The highest BCUT2D eigenvalue weighted by Gasteiger charge is 2.40. The highest BCUT2D eigenvalue weighted by molar-refractivity contribution is 4.98. The van der Waals surface area contributed by atoms with Crippen molar-refractivity contribution >= 4 is 0 Å². The van der Waals surface area contributed by atoms with Gasteiger partial charge in [0.15, 0.2) is 0 Å². The van der Waals surface area contributed by atoms with Crippen molar-refractivity contribution in [2.75, 3.05) is 20.6 Å². The summed E-state index contributed by atoms with van der Waals surface area (Å²) in [5.74, 6) is 0. The van der Waals surface area contributed by atoms with Gasteiger partial charge in [-0.15, -0.1) is 0 Å². The van der Waals surface area contributed by atoms with Gasteiger partial charge in [-0.3, -0.25) is 0 Å². The number of hydrogen-bond donors (Lipinski definition) is 1. The van der Waals surface area contributed by atoms with Gasteiger partial charge in [-0.1, -0.05) is 40.5 Å². The predicted octanol–water partition coefficient (Wildman–Crippen LogP) is 2.87. The van der Waals surface area contributed by atoms with Crippen LogP contribution in [0.15, 0.2) is 0 Å². The van der Waals surface area contributed by atoms with Gasteiger partial charge in [-0.2, -0.15) is 0 Å². The summed E-state index contributed by atoms with van der Waals surface area (Å²) >= 11 is 0. The number of likely N-dealkylation sites (N-methyl/N-ethyl adjacent to an activating group) is 1. The van der Waals surface area contributed by atoms with E-state index in [0.29, 0.717) is 0 Å². The molecule has 0 heterocycles. The molecule has 2 N–H and O–H groups in total. The predicted molar refractivity (Wildman–Crippen MR) is 69.1 cm³/mol. The summed E-state index contributed by atoms with van der Waals surface area (Å²) < 4.78 is 0. The molecule has 0 aliphatic heterocycles. The normalized spacial score (nSPS) is 16.8. The fourth-order valence-corrected chi connectivity index (χ4v) is 2.52. The van der Waals surface area contributed by atoms with Crippen LogP contribution in [0.25, 0.3) is 0 Å². The van der Waals surface area contributed by atoms with Crippen LogP contribution in [0.5, 0.6) is 0 Å².